The summed E-state index contributed by atoms with van der Waals surface area (Å²) in [6.07, 6.45) is 7.21. The monoisotopic (exact) mass is 238 g/mol. The molecule has 0 radical (unpaired) electrons. The normalized spacial score (nSPS) is 8.57. The number of H-pyrrole nitrogens is 1. The highest BCUT2D eigenvalue weighted by Gasteiger charge is 1.95. The van der Waals surface area contributed by atoms with Crippen LogP contribution in [0.25, 0.3) is 0 Å². The molecule has 6 heteroatoms. The van der Waals surface area contributed by atoms with Gasteiger partial charge in [-0.25, -0.2) is 4.98 Å². The number of hydrogen-bond donors (Lipinski definition) is 3. The predicted octanol–water partition coefficient (Wildman–Crippen LogP) is 1.90. The highest BCUT2D eigenvalue weighted by atomic mass is 35.5. The standard InChI is InChI=1S/C8H14N4.2ClH/c9-7(10)3-1-2-4-8-11-5-6-12-8;;/h5-6H,1-4H2,(H3,9,10)(H,11,12);2*1H. The predicted molar refractivity (Wildman–Crippen MR) is 62.6 cm³/mol. The number of aryl methyl sites for hydroxylation is 1. The molecule has 0 aliphatic heterocycles. The first-order valence-electron chi connectivity index (χ1n) is 4.10. The van der Waals surface area contributed by atoms with E-state index in [-0.39, 0.29) is 30.6 Å². The lowest BCUT2D eigenvalue weighted by atomic mass is 10.2. The number of hydrogen-bond acceptors (Lipinski definition) is 2. The van der Waals surface area contributed by atoms with Crippen LogP contribution in [0.15, 0.2) is 12.4 Å². The first-order chi connectivity index (χ1) is 5.79. The molecule has 1 heterocycles. The minimum Gasteiger partial charge on any atom is -0.388 e. The third-order valence-corrected chi connectivity index (χ3v) is 1.66. The SMILES string of the molecule is Cl.Cl.N=C(N)CCCCc1ncc[nH]1. The zero-order chi connectivity index (χ0) is 8.81. The van der Waals surface area contributed by atoms with Crippen molar-refractivity contribution in [3.63, 3.8) is 0 Å². The Kier molecular flexibility index (Phi) is 9.93. The minimum absolute atomic E-state index is 0. The fraction of sp³-hybridized carbons (Fsp3) is 0.500. The zero-order valence-corrected chi connectivity index (χ0v) is 9.46. The molecule has 0 aliphatic carbocycles. The first-order valence-corrected chi connectivity index (χ1v) is 4.10. The average Bonchev–Trinajstić information content (AvgIpc) is 2.49. The van der Waals surface area contributed by atoms with E-state index in [1.165, 1.54) is 0 Å². The van der Waals surface area contributed by atoms with Crippen LogP contribution in [-0.4, -0.2) is 15.8 Å². The molecule has 0 saturated heterocycles. The van der Waals surface area contributed by atoms with Crippen LogP contribution in [0.3, 0.4) is 0 Å². The summed E-state index contributed by atoms with van der Waals surface area (Å²) in [6.45, 7) is 0. The molecule has 1 aromatic rings. The molecular formula is C8H16Cl2N4. The van der Waals surface area contributed by atoms with Gasteiger partial charge in [-0.15, -0.1) is 24.8 Å². The van der Waals surface area contributed by atoms with Gasteiger partial charge in [0.15, 0.2) is 0 Å². The van der Waals surface area contributed by atoms with Gasteiger partial charge < -0.3 is 10.7 Å². The molecule has 1 aromatic heterocycles. The van der Waals surface area contributed by atoms with E-state index in [0.717, 1.165) is 25.1 Å². The molecule has 4 N–H and O–H groups in total. The maximum absolute atomic E-state index is 7.00. The number of aromatic amines is 1. The van der Waals surface area contributed by atoms with Gasteiger partial charge in [0, 0.05) is 25.2 Å². The minimum atomic E-state index is 0. The first kappa shape index (κ1) is 15.7. The zero-order valence-electron chi connectivity index (χ0n) is 7.82. The molecule has 14 heavy (non-hydrogen) atoms. The number of unbranched alkanes of at least 4 members (excludes halogenated alkanes) is 1. The maximum atomic E-state index is 7.00. The van der Waals surface area contributed by atoms with E-state index in [1.807, 2.05) is 6.20 Å². The number of nitrogens with one attached hydrogen (secondary N) is 2. The highest BCUT2D eigenvalue weighted by molar-refractivity contribution is 5.85. The Morgan fingerprint density at radius 2 is 2.14 bits per heavy atom. The number of aromatic nitrogens is 2. The quantitative estimate of drug-likeness (QED) is 0.417. The topological polar surface area (TPSA) is 78.6 Å². The Balaban J connectivity index is 0. The molecule has 0 bridgehead atoms. The van der Waals surface area contributed by atoms with E-state index in [2.05, 4.69) is 9.97 Å². The Morgan fingerprint density at radius 1 is 1.43 bits per heavy atom. The molecule has 1 rings (SSSR count). The lowest BCUT2D eigenvalue weighted by molar-refractivity contribution is 0.732. The molecular weight excluding hydrogens is 223 g/mol. The van der Waals surface area contributed by atoms with E-state index in [4.69, 9.17) is 11.1 Å². The van der Waals surface area contributed by atoms with Crippen molar-refractivity contribution in [1.29, 1.82) is 5.41 Å². The fourth-order valence-electron chi connectivity index (χ4n) is 1.04. The van der Waals surface area contributed by atoms with Gasteiger partial charge in [-0.1, -0.05) is 0 Å². The van der Waals surface area contributed by atoms with Gasteiger partial charge in [0.1, 0.15) is 5.82 Å². The van der Waals surface area contributed by atoms with Crippen molar-refractivity contribution in [2.45, 2.75) is 25.7 Å². The lowest BCUT2D eigenvalue weighted by Gasteiger charge is -1.96. The Hall–Kier alpha value is -0.740. The van der Waals surface area contributed by atoms with Crippen molar-refractivity contribution in [3.05, 3.63) is 18.2 Å². The third-order valence-electron chi connectivity index (χ3n) is 1.66. The summed E-state index contributed by atoms with van der Waals surface area (Å²) in [5.41, 5.74) is 5.21. The van der Waals surface area contributed by atoms with Crippen LogP contribution in [0.1, 0.15) is 25.1 Å². The maximum Gasteiger partial charge on any atom is 0.105 e. The number of halogens is 2. The Morgan fingerprint density at radius 3 is 2.64 bits per heavy atom. The summed E-state index contributed by atoms with van der Waals surface area (Å²) < 4.78 is 0. The molecule has 0 spiro atoms. The lowest BCUT2D eigenvalue weighted by Crippen LogP contribution is -2.08. The molecule has 0 saturated carbocycles. The molecule has 0 fully saturated rings. The van der Waals surface area contributed by atoms with Crippen LogP contribution in [0.4, 0.5) is 0 Å². The van der Waals surface area contributed by atoms with Crippen molar-refractivity contribution < 1.29 is 0 Å². The van der Waals surface area contributed by atoms with Gasteiger partial charge in [0.05, 0.1) is 5.84 Å². The Bertz CT molecular complexity index is 235. The summed E-state index contributed by atoms with van der Waals surface area (Å²) in [7, 11) is 0. The van der Waals surface area contributed by atoms with E-state index in [0.29, 0.717) is 6.42 Å². The largest absolute Gasteiger partial charge is 0.388 e. The van der Waals surface area contributed by atoms with Gasteiger partial charge in [-0.3, -0.25) is 5.41 Å². The number of imidazole rings is 1. The summed E-state index contributed by atoms with van der Waals surface area (Å²) >= 11 is 0. The highest BCUT2D eigenvalue weighted by Crippen LogP contribution is 2.00. The molecule has 82 valence electrons. The number of amidine groups is 1. The third kappa shape index (κ3) is 6.74. The summed E-state index contributed by atoms with van der Waals surface area (Å²) in [5, 5.41) is 7.00. The second-order valence-electron chi connectivity index (χ2n) is 2.77. The fourth-order valence-corrected chi connectivity index (χ4v) is 1.04. The van der Waals surface area contributed by atoms with Crippen molar-refractivity contribution in [2.24, 2.45) is 5.73 Å². The molecule has 0 unspecified atom stereocenters. The van der Waals surface area contributed by atoms with E-state index in [9.17, 15) is 0 Å². The average molecular weight is 239 g/mol. The molecule has 0 atom stereocenters. The van der Waals surface area contributed by atoms with Gasteiger partial charge >= 0.3 is 0 Å². The second kappa shape index (κ2) is 8.84. The van der Waals surface area contributed by atoms with Crippen LogP contribution in [0, 0.1) is 5.41 Å². The summed E-state index contributed by atoms with van der Waals surface area (Å²) in [6, 6.07) is 0. The van der Waals surface area contributed by atoms with E-state index < -0.39 is 0 Å². The van der Waals surface area contributed by atoms with Crippen LogP contribution in [0.2, 0.25) is 0 Å². The number of nitrogens with zero attached hydrogens (tertiary/aromatic N) is 1. The van der Waals surface area contributed by atoms with E-state index in [1.54, 1.807) is 6.20 Å². The van der Waals surface area contributed by atoms with Crippen LogP contribution >= 0.6 is 24.8 Å². The van der Waals surface area contributed by atoms with Crippen molar-refractivity contribution >= 4 is 30.6 Å². The van der Waals surface area contributed by atoms with Crippen molar-refractivity contribution in [2.75, 3.05) is 0 Å². The van der Waals surface area contributed by atoms with Crippen LogP contribution < -0.4 is 5.73 Å². The van der Waals surface area contributed by atoms with Crippen molar-refractivity contribution in [3.8, 4) is 0 Å². The van der Waals surface area contributed by atoms with Crippen LogP contribution in [-0.2, 0) is 6.42 Å². The summed E-state index contributed by atoms with van der Waals surface area (Å²) in [5.74, 6) is 1.29. The van der Waals surface area contributed by atoms with Gasteiger partial charge in [-0.05, 0) is 12.8 Å². The van der Waals surface area contributed by atoms with Gasteiger partial charge in [0.25, 0.3) is 0 Å². The van der Waals surface area contributed by atoms with Gasteiger partial charge in [0.2, 0.25) is 0 Å². The second-order valence-corrected chi connectivity index (χ2v) is 2.77. The van der Waals surface area contributed by atoms with E-state index >= 15 is 0 Å². The summed E-state index contributed by atoms with van der Waals surface area (Å²) in [4.78, 5) is 7.12. The Labute approximate surface area is 96.0 Å². The molecule has 4 nitrogen and oxygen atoms in total. The molecule has 0 amide bonds. The smallest absolute Gasteiger partial charge is 0.105 e. The van der Waals surface area contributed by atoms with Crippen molar-refractivity contribution in [1.82, 2.24) is 9.97 Å². The number of nitrogens with two attached hydrogens (primary N) is 1. The van der Waals surface area contributed by atoms with Gasteiger partial charge in [-0.2, -0.15) is 0 Å². The number of rotatable bonds is 5. The molecule has 0 aliphatic rings. The molecule has 0 aromatic carbocycles. The van der Waals surface area contributed by atoms with Crippen LogP contribution in [0.5, 0.6) is 0 Å².